The van der Waals surface area contributed by atoms with E-state index >= 15 is 0 Å². The number of nitrogens with one attached hydrogen (secondary N) is 1. The van der Waals surface area contributed by atoms with Gasteiger partial charge in [-0.2, -0.15) is 0 Å². The first-order chi connectivity index (χ1) is 8.25. The van der Waals surface area contributed by atoms with Crippen LogP contribution in [0.2, 0.25) is 0 Å². The van der Waals surface area contributed by atoms with Gasteiger partial charge >= 0.3 is 0 Å². The number of nitrogens with zero attached hydrogens (tertiary/aromatic N) is 2. The summed E-state index contributed by atoms with van der Waals surface area (Å²) in [6.07, 6.45) is 7.45. The Hall–Kier alpha value is -1.61. The highest BCUT2D eigenvalue weighted by atomic mass is 15.1. The largest absolute Gasteiger partial charge is 0.346 e. The minimum Gasteiger partial charge on any atom is -0.346 e. The Balaban J connectivity index is 2.15. The Bertz CT molecular complexity index is 580. The monoisotopic (exact) mass is 227 g/mol. The summed E-state index contributed by atoms with van der Waals surface area (Å²) in [5.41, 5.74) is 5.02. The van der Waals surface area contributed by atoms with Gasteiger partial charge in [0.1, 0.15) is 5.65 Å². The standard InChI is InChI=1S/C14H17N3/c1-10-5-6-15-14-13(10)12(8-16-14)11-4-3-7-17(2)9-11/h4-6,8H,3,7,9H2,1-2H3,(H,15,16). The lowest BCUT2D eigenvalue weighted by Gasteiger charge is -2.22. The van der Waals surface area contributed by atoms with Crippen LogP contribution in [0.3, 0.4) is 0 Å². The van der Waals surface area contributed by atoms with Crippen molar-refractivity contribution >= 4 is 16.6 Å². The average Bonchev–Trinajstić information content (AvgIpc) is 2.74. The highest BCUT2D eigenvalue weighted by Crippen LogP contribution is 2.28. The number of likely N-dealkylation sites (N-methyl/N-ethyl adjacent to an activating group) is 1. The predicted molar refractivity (Wildman–Crippen MR) is 70.9 cm³/mol. The molecular weight excluding hydrogens is 210 g/mol. The number of H-pyrrole nitrogens is 1. The van der Waals surface area contributed by atoms with Crippen molar-refractivity contribution in [1.82, 2.24) is 14.9 Å². The van der Waals surface area contributed by atoms with E-state index < -0.39 is 0 Å². The third-order valence-corrected chi connectivity index (χ3v) is 3.47. The van der Waals surface area contributed by atoms with Crippen molar-refractivity contribution < 1.29 is 0 Å². The van der Waals surface area contributed by atoms with Gasteiger partial charge in [-0.3, -0.25) is 0 Å². The number of fused-ring (bicyclic) bond motifs is 1. The number of aromatic amines is 1. The second-order valence-corrected chi connectivity index (χ2v) is 4.81. The summed E-state index contributed by atoms with van der Waals surface area (Å²) in [7, 11) is 2.17. The summed E-state index contributed by atoms with van der Waals surface area (Å²) < 4.78 is 0. The molecule has 17 heavy (non-hydrogen) atoms. The predicted octanol–water partition coefficient (Wildman–Crippen LogP) is 2.59. The normalized spacial score (nSPS) is 17.4. The van der Waals surface area contributed by atoms with Crippen LogP contribution in [-0.2, 0) is 0 Å². The summed E-state index contributed by atoms with van der Waals surface area (Å²) in [6.45, 7) is 4.33. The third-order valence-electron chi connectivity index (χ3n) is 3.47. The number of rotatable bonds is 1. The first-order valence-corrected chi connectivity index (χ1v) is 6.06. The van der Waals surface area contributed by atoms with Crippen molar-refractivity contribution in [3.05, 3.63) is 35.7 Å². The van der Waals surface area contributed by atoms with Crippen LogP contribution >= 0.6 is 0 Å². The Morgan fingerprint density at radius 1 is 1.41 bits per heavy atom. The Morgan fingerprint density at radius 3 is 3.12 bits per heavy atom. The van der Waals surface area contributed by atoms with Crippen molar-refractivity contribution in [3.8, 4) is 0 Å². The smallest absolute Gasteiger partial charge is 0.138 e. The van der Waals surface area contributed by atoms with E-state index in [1.165, 1.54) is 22.1 Å². The van der Waals surface area contributed by atoms with Gasteiger partial charge in [-0.1, -0.05) is 6.08 Å². The van der Waals surface area contributed by atoms with Crippen molar-refractivity contribution in [2.45, 2.75) is 13.3 Å². The van der Waals surface area contributed by atoms with Gasteiger partial charge in [0, 0.05) is 36.4 Å². The van der Waals surface area contributed by atoms with E-state index in [2.05, 4.69) is 47.2 Å². The number of aryl methyl sites for hydroxylation is 1. The van der Waals surface area contributed by atoms with Gasteiger partial charge in [0.2, 0.25) is 0 Å². The summed E-state index contributed by atoms with van der Waals surface area (Å²) in [5.74, 6) is 0. The Morgan fingerprint density at radius 2 is 2.29 bits per heavy atom. The summed E-state index contributed by atoms with van der Waals surface area (Å²) >= 11 is 0. The SMILES string of the molecule is Cc1ccnc2[nH]cc(C3=CCCN(C)C3)c12. The molecule has 1 aliphatic heterocycles. The van der Waals surface area contributed by atoms with Crippen LogP contribution in [0, 0.1) is 6.92 Å². The topological polar surface area (TPSA) is 31.9 Å². The van der Waals surface area contributed by atoms with Gasteiger partial charge in [-0.25, -0.2) is 4.98 Å². The van der Waals surface area contributed by atoms with Crippen molar-refractivity contribution in [2.24, 2.45) is 0 Å². The lowest BCUT2D eigenvalue weighted by molar-refractivity contribution is 0.373. The van der Waals surface area contributed by atoms with E-state index in [0.717, 1.165) is 25.2 Å². The molecule has 3 heterocycles. The fraction of sp³-hybridized carbons (Fsp3) is 0.357. The van der Waals surface area contributed by atoms with E-state index in [1.807, 2.05) is 6.20 Å². The van der Waals surface area contributed by atoms with Crippen LogP contribution in [0.25, 0.3) is 16.6 Å². The zero-order valence-electron chi connectivity index (χ0n) is 10.3. The number of hydrogen-bond donors (Lipinski definition) is 1. The molecule has 0 fully saturated rings. The number of aromatic nitrogens is 2. The zero-order chi connectivity index (χ0) is 11.8. The lowest BCUT2D eigenvalue weighted by atomic mass is 10.00. The van der Waals surface area contributed by atoms with Crippen molar-refractivity contribution in [3.63, 3.8) is 0 Å². The van der Waals surface area contributed by atoms with Gasteiger partial charge in [-0.15, -0.1) is 0 Å². The van der Waals surface area contributed by atoms with Crippen molar-refractivity contribution in [1.29, 1.82) is 0 Å². The molecule has 0 bridgehead atoms. The molecule has 0 aliphatic carbocycles. The van der Waals surface area contributed by atoms with E-state index in [-0.39, 0.29) is 0 Å². The Labute approximate surface area is 101 Å². The first kappa shape index (κ1) is 10.5. The van der Waals surface area contributed by atoms with E-state index in [1.54, 1.807) is 0 Å². The van der Waals surface area contributed by atoms with Crippen LogP contribution in [0.1, 0.15) is 17.5 Å². The highest BCUT2D eigenvalue weighted by molar-refractivity contribution is 5.93. The van der Waals surface area contributed by atoms with Crippen LogP contribution in [0.5, 0.6) is 0 Å². The second kappa shape index (κ2) is 4.00. The summed E-state index contributed by atoms with van der Waals surface area (Å²) in [6, 6.07) is 2.08. The molecule has 1 N–H and O–H groups in total. The molecule has 88 valence electrons. The molecule has 0 spiro atoms. The van der Waals surface area contributed by atoms with Crippen LogP contribution < -0.4 is 0 Å². The second-order valence-electron chi connectivity index (χ2n) is 4.81. The molecule has 3 rings (SSSR count). The Kier molecular flexibility index (Phi) is 2.48. The molecular formula is C14H17N3. The average molecular weight is 227 g/mol. The fourth-order valence-corrected chi connectivity index (χ4v) is 2.56. The molecule has 0 saturated heterocycles. The molecule has 0 radical (unpaired) electrons. The van der Waals surface area contributed by atoms with Gasteiger partial charge in [0.15, 0.2) is 0 Å². The number of pyridine rings is 1. The minimum atomic E-state index is 0.995. The lowest BCUT2D eigenvalue weighted by Crippen LogP contribution is -2.24. The fourth-order valence-electron chi connectivity index (χ4n) is 2.56. The van der Waals surface area contributed by atoms with Gasteiger partial charge in [0.05, 0.1) is 0 Å². The molecule has 0 unspecified atom stereocenters. The maximum absolute atomic E-state index is 4.38. The minimum absolute atomic E-state index is 0.995. The third kappa shape index (κ3) is 1.76. The molecule has 0 saturated carbocycles. The molecule has 0 amide bonds. The quantitative estimate of drug-likeness (QED) is 0.812. The summed E-state index contributed by atoms with van der Waals surface area (Å²) in [5, 5.41) is 1.27. The van der Waals surface area contributed by atoms with Crippen LogP contribution in [0.4, 0.5) is 0 Å². The molecule has 2 aromatic rings. The van der Waals surface area contributed by atoms with E-state index in [0.29, 0.717) is 0 Å². The van der Waals surface area contributed by atoms with Gasteiger partial charge in [-0.05, 0) is 37.6 Å². The molecule has 3 nitrogen and oxygen atoms in total. The van der Waals surface area contributed by atoms with Crippen LogP contribution in [-0.4, -0.2) is 35.0 Å². The molecule has 0 aromatic carbocycles. The highest BCUT2D eigenvalue weighted by Gasteiger charge is 2.15. The maximum Gasteiger partial charge on any atom is 0.138 e. The van der Waals surface area contributed by atoms with Crippen molar-refractivity contribution in [2.75, 3.05) is 20.1 Å². The van der Waals surface area contributed by atoms with Gasteiger partial charge in [0.25, 0.3) is 0 Å². The summed E-state index contributed by atoms with van der Waals surface area (Å²) in [4.78, 5) is 10.0. The first-order valence-electron chi connectivity index (χ1n) is 6.06. The molecule has 1 aliphatic rings. The van der Waals surface area contributed by atoms with E-state index in [9.17, 15) is 0 Å². The van der Waals surface area contributed by atoms with E-state index in [4.69, 9.17) is 0 Å². The molecule has 0 atom stereocenters. The van der Waals surface area contributed by atoms with Gasteiger partial charge < -0.3 is 9.88 Å². The molecule has 3 heteroatoms. The molecule has 2 aromatic heterocycles. The van der Waals surface area contributed by atoms with Crippen LogP contribution in [0.15, 0.2) is 24.5 Å². The maximum atomic E-state index is 4.38. The zero-order valence-corrected chi connectivity index (χ0v) is 10.3. The number of hydrogen-bond acceptors (Lipinski definition) is 2.